The molecular formula is C16H23N3O2. The molecule has 0 saturated heterocycles. The number of nitrogens with one attached hydrogen (secondary N) is 1. The van der Waals surface area contributed by atoms with Crippen LogP contribution in [0, 0.1) is 0 Å². The third-order valence-corrected chi connectivity index (χ3v) is 3.16. The molecule has 21 heavy (non-hydrogen) atoms. The number of hydrogen-bond donors (Lipinski definition) is 1. The molecule has 0 atom stereocenters. The molecule has 1 heterocycles. The summed E-state index contributed by atoms with van der Waals surface area (Å²) in [6.45, 7) is 7.16. The number of aromatic nitrogens is 2. The average molecular weight is 289 g/mol. The van der Waals surface area contributed by atoms with Crippen molar-refractivity contribution in [1.29, 1.82) is 0 Å². The zero-order valence-corrected chi connectivity index (χ0v) is 13.3. The van der Waals surface area contributed by atoms with Gasteiger partial charge in [0, 0.05) is 24.3 Å². The van der Waals surface area contributed by atoms with Crippen molar-refractivity contribution in [1.82, 2.24) is 14.9 Å². The number of methoxy groups -OCH3 is 2. The summed E-state index contributed by atoms with van der Waals surface area (Å²) in [5, 5.41) is 3.47. The van der Waals surface area contributed by atoms with Crippen molar-refractivity contribution in [2.75, 3.05) is 14.2 Å². The Morgan fingerprint density at radius 1 is 1.19 bits per heavy atom. The summed E-state index contributed by atoms with van der Waals surface area (Å²) in [6, 6.07) is 5.76. The van der Waals surface area contributed by atoms with E-state index in [9.17, 15) is 0 Å². The maximum Gasteiger partial charge on any atom is 0.146 e. The van der Waals surface area contributed by atoms with Crippen LogP contribution < -0.4 is 14.8 Å². The van der Waals surface area contributed by atoms with Crippen LogP contribution in [0.4, 0.5) is 0 Å². The lowest BCUT2D eigenvalue weighted by Gasteiger charge is -2.21. The highest BCUT2D eigenvalue weighted by Gasteiger charge is 2.14. The van der Waals surface area contributed by atoms with E-state index in [0.29, 0.717) is 0 Å². The zero-order chi connectivity index (χ0) is 15.5. The van der Waals surface area contributed by atoms with Gasteiger partial charge in [0.05, 0.1) is 31.9 Å². The zero-order valence-electron chi connectivity index (χ0n) is 13.3. The van der Waals surface area contributed by atoms with E-state index in [1.165, 1.54) is 0 Å². The van der Waals surface area contributed by atoms with E-state index in [-0.39, 0.29) is 5.54 Å². The van der Waals surface area contributed by atoms with Crippen LogP contribution in [0.15, 0.2) is 30.7 Å². The molecule has 0 unspecified atom stereocenters. The van der Waals surface area contributed by atoms with E-state index in [0.717, 1.165) is 29.4 Å². The van der Waals surface area contributed by atoms with Crippen molar-refractivity contribution < 1.29 is 9.47 Å². The van der Waals surface area contributed by atoms with Crippen LogP contribution in [0.3, 0.4) is 0 Å². The van der Waals surface area contributed by atoms with Crippen LogP contribution in [-0.2, 0) is 6.54 Å². The van der Waals surface area contributed by atoms with Crippen molar-refractivity contribution in [3.63, 3.8) is 0 Å². The smallest absolute Gasteiger partial charge is 0.146 e. The monoisotopic (exact) mass is 289 g/mol. The van der Waals surface area contributed by atoms with Gasteiger partial charge in [-0.25, -0.2) is 4.98 Å². The molecule has 2 aromatic rings. The molecule has 1 aromatic heterocycles. The molecule has 1 N–H and O–H groups in total. The van der Waals surface area contributed by atoms with Gasteiger partial charge in [-0.05, 0) is 32.9 Å². The Balaban J connectivity index is 2.32. The molecule has 5 nitrogen and oxygen atoms in total. The molecule has 2 rings (SSSR count). The third-order valence-electron chi connectivity index (χ3n) is 3.16. The van der Waals surface area contributed by atoms with Gasteiger partial charge >= 0.3 is 0 Å². The number of ether oxygens (including phenoxy) is 2. The minimum atomic E-state index is 0.0547. The molecule has 0 bridgehead atoms. The first-order chi connectivity index (χ1) is 9.94. The largest absolute Gasteiger partial charge is 0.497 e. The van der Waals surface area contributed by atoms with Gasteiger partial charge in [0.2, 0.25) is 0 Å². The molecule has 114 valence electrons. The molecular weight excluding hydrogens is 266 g/mol. The van der Waals surface area contributed by atoms with Gasteiger partial charge in [-0.2, -0.15) is 0 Å². The molecule has 0 spiro atoms. The molecule has 1 aromatic carbocycles. The molecule has 0 aliphatic carbocycles. The fourth-order valence-corrected chi connectivity index (χ4v) is 2.01. The Morgan fingerprint density at radius 2 is 1.95 bits per heavy atom. The van der Waals surface area contributed by atoms with E-state index in [4.69, 9.17) is 9.47 Å². The number of rotatable bonds is 5. The van der Waals surface area contributed by atoms with Crippen LogP contribution in [-0.4, -0.2) is 29.3 Å². The molecule has 0 aliphatic heterocycles. The lowest BCUT2D eigenvalue weighted by molar-refractivity contribution is 0.392. The lowest BCUT2D eigenvalue weighted by atomic mass is 10.1. The highest BCUT2D eigenvalue weighted by atomic mass is 16.5. The Bertz CT molecular complexity index is 600. The quantitative estimate of drug-likeness (QED) is 0.919. The van der Waals surface area contributed by atoms with Crippen molar-refractivity contribution in [2.45, 2.75) is 32.9 Å². The average Bonchev–Trinajstić information content (AvgIpc) is 2.91. The number of hydrogen-bond acceptors (Lipinski definition) is 4. The van der Waals surface area contributed by atoms with E-state index in [1.807, 2.05) is 29.0 Å². The Hall–Kier alpha value is -2.01. The van der Waals surface area contributed by atoms with Crippen LogP contribution in [0.2, 0.25) is 0 Å². The summed E-state index contributed by atoms with van der Waals surface area (Å²) in [5.41, 5.74) is 2.08. The molecule has 0 fully saturated rings. The van der Waals surface area contributed by atoms with E-state index in [1.54, 1.807) is 20.5 Å². The second kappa shape index (κ2) is 6.18. The molecule has 5 heteroatoms. The first kappa shape index (κ1) is 15.4. The minimum Gasteiger partial charge on any atom is -0.497 e. The maximum absolute atomic E-state index is 5.46. The highest BCUT2D eigenvalue weighted by Crippen LogP contribution is 2.28. The van der Waals surface area contributed by atoms with Crippen molar-refractivity contribution in [3.05, 3.63) is 36.4 Å². The van der Waals surface area contributed by atoms with Gasteiger partial charge in [0.15, 0.2) is 0 Å². The first-order valence-electron chi connectivity index (χ1n) is 6.93. The van der Waals surface area contributed by atoms with E-state index < -0.39 is 0 Å². The van der Waals surface area contributed by atoms with Crippen molar-refractivity contribution in [2.24, 2.45) is 0 Å². The Morgan fingerprint density at radius 3 is 2.57 bits per heavy atom. The second-order valence-electron chi connectivity index (χ2n) is 5.90. The highest BCUT2D eigenvalue weighted by molar-refractivity contribution is 5.51. The minimum absolute atomic E-state index is 0.0547. The first-order valence-corrected chi connectivity index (χ1v) is 6.93. The van der Waals surface area contributed by atoms with Crippen LogP contribution in [0.1, 0.15) is 26.5 Å². The number of benzene rings is 1. The summed E-state index contributed by atoms with van der Waals surface area (Å²) in [6.07, 6.45) is 3.66. The number of imidazole rings is 1. The Labute approximate surface area is 125 Å². The standard InChI is InChI=1S/C16H23N3O2/c1-16(2,3)18-10-12-9-17-11-19(12)14-7-6-13(20-4)8-15(14)21-5/h6-9,11,18H,10H2,1-5H3. The topological polar surface area (TPSA) is 48.3 Å². The van der Waals surface area contributed by atoms with Crippen molar-refractivity contribution >= 4 is 0 Å². The number of nitrogens with zero attached hydrogens (tertiary/aromatic N) is 2. The normalized spacial score (nSPS) is 11.5. The third kappa shape index (κ3) is 3.76. The predicted octanol–water partition coefficient (Wildman–Crippen LogP) is 2.78. The second-order valence-corrected chi connectivity index (χ2v) is 5.90. The molecule has 0 amide bonds. The van der Waals surface area contributed by atoms with E-state index >= 15 is 0 Å². The van der Waals surface area contributed by atoms with E-state index in [2.05, 4.69) is 31.1 Å². The summed E-state index contributed by atoms with van der Waals surface area (Å²) >= 11 is 0. The van der Waals surface area contributed by atoms with Gasteiger partial charge in [0.1, 0.15) is 11.5 Å². The Kier molecular flexibility index (Phi) is 4.53. The predicted molar refractivity (Wildman–Crippen MR) is 83.3 cm³/mol. The van der Waals surface area contributed by atoms with Crippen LogP contribution in [0.5, 0.6) is 11.5 Å². The SMILES string of the molecule is COc1ccc(-n2cncc2CNC(C)(C)C)c(OC)c1. The summed E-state index contributed by atoms with van der Waals surface area (Å²) in [7, 11) is 3.30. The summed E-state index contributed by atoms with van der Waals surface area (Å²) in [4.78, 5) is 4.25. The fourth-order valence-electron chi connectivity index (χ4n) is 2.01. The molecule has 0 saturated carbocycles. The fraction of sp³-hybridized carbons (Fsp3) is 0.438. The van der Waals surface area contributed by atoms with Crippen LogP contribution >= 0.6 is 0 Å². The van der Waals surface area contributed by atoms with Gasteiger partial charge in [0.25, 0.3) is 0 Å². The van der Waals surface area contributed by atoms with Gasteiger partial charge in [-0.15, -0.1) is 0 Å². The van der Waals surface area contributed by atoms with Crippen molar-refractivity contribution in [3.8, 4) is 17.2 Å². The summed E-state index contributed by atoms with van der Waals surface area (Å²) in [5.74, 6) is 1.52. The van der Waals surface area contributed by atoms with Gasteiger partial charge < -0.3 is 14.8 Å². The summed E-state index contributed by atoms with van der Waals surface area (Å²) < 4.78 is 12.7. The maximum atomic E-state index is 5.46. The molecule has 0 radical (unpaired) electrons. The van der Waals surface area contributed by atoms with Gasteiger partial charge in [-0.1, -0.05) is 0 Å². The van der Waals surface area contributed by atoms with Crippen LogP contribution in [0.25, 0.3) is 5.69 Å². The molecule has 0 aliphatic rings. The lowest BCUT2D eigenvalue weighted by Crippen LogP contribution is -2.35. The van der Waals surface area contributed by atoms with Gasteiger partial charge in [-0.3, -0.25) is 4.57 Å².